The molecular weight excluding hydrogens is 322 g/mol. The van der Waals surface area contributed by atoms with Crippen molar-refractivity contribution in [3.05, 3.63) is 23.9 Å². The van der Waals surface area contributed by atoms with Crippen LogP contribution in [0.3, 0.4) is 0 Å². The summed E-state index contributed by atoms with van der Waals surface area (Å²) in [5.74, 6) is 0.393. The van der Waals surface area contributed by atoms with Crippen molar-refractivity contribution in [2.45, 2.75) is 51.7 Å². The Labute approximate surface area is 148 Å². The fourth-order valence-corrected chi connectivity index (χ4v) is 2.79. The van der Waals surface area contributed by atoms with Gasteiger partial charge in [-0.1, -0.05) is 0 Å². The van der Waals surface area contributed by atoms with Gasteiger partial charge in [-0.05, 0) is 46.1 Å². The molecule has 25 heavy (non-hydrogen) atoms. The summed E-state index contributed by atoms with van der Waals surface area (Å²) < 4.78 is 10.3. The Balaban J connectivity index is 1.99. The number of nitrogens with one attached hydrogen (secondary N) is 1. The van der Waals surface area contributed by atoms with E-state index in [0.717, 1.165) is 19.3 Å². The summed E-state index contributed by atoms with van der Waals surface area (Å²) in [6.07, 6.45) is 3.90. The van der Waals surface area contributed by atoms with Crippen molar-refractivity contribution in [2.75, 3.05) is 20.2 Å². The van der Waals surface area contributed by atoms with Crippen molar-refractivity contribution >= 4 is 12.0 Å². The van der Waals surface area contributed by atoms with Crippen LogP contribution in [0, 0.1) is 0 Å². The topological polar surface area (TPSA) is 80.8 Å². The van der Waals surface area contributed by atoms with Gasteiger partial charge in [-0.2, -0.15) is 0 Å². The SMILES string of the molecule is COc1ccc(C(=O)N2CCCC[C@@H]2CNC(=O)OC(C)(C)C)cn1. The van der Waals surface area contributed by atoms with Crippen LogP contribution in [0.2, 0.25) is 0 Å². The maximum Gasteiger partial charge on any atom is 0.407 e. The Kier molecular flexibility index (Phi) is 6.22. The first-order valence-corrected chi connectivity index (χ1v) is 8.58. The Morgan fingerprint density at radius 1 is 1.32 bits per heavy atom. The van der Waals surface area contributed by atoms with E-state index in [2.05, 4.69) is 10.3 Å². The fourth-order valence-electron chi connectivity index (χ4n) is 2.79. The van der Waals surface area contributed by atoms with E-state index < -0.39 is 11.7 Å². The fraction of sp³-hybridized carbons (Fsp3) is 0.611. The molecule has 0 unspecified atom stereocenters. The number of ether oxygens (including phenoxy) is 2. The molecule has 2 amide bonds. The van der Waals surface area contributed by atoms with E-state index in [0.29, 0.717) is 24.5 Å². The summed E-state index contributed by atoms with van der Waals surface area (Å²) in [5, 5.41) is 2.77. The number of pyridine rings is 1. The molecule has 138 valence electrons. The standard InChI is InChI=1S/C18H27N3O4/c1-18(2,3)25-17(23)20-12-14-7-5-6-10-21(14)16(22)13-8-9-15(24-4)19-11-13/h8-9,11,14H,5-7,10,12H2,1-4H3,(H,20,23)/t14-/m1/s1. The number of carbonyl (C=O) groups excluding carboxylic acids is 2. The van der Waals surface area contributed by atoms with Crippen molar-refractivity contribution in [2.24, 2.45) is 0 Å². The molecule has 1 aromatic heterocycles. The molecule has 7 nitrogen and oxygen atoms in total. The summed E-state index contributed by atoms with van der Waals surface area (Å²) in [5.41, 5.74) is -0.0223. The van der Waals surface area contributed by atoms with Gasteiger partial charge in [0.25, 0.3) is 5.91 Å². The lowest BCUT2D eigenvalue weighted by Gasteiger charge is -2.36. The Morgan fingerprint density at radius 3 is 2.68 bits per heavy atom. The minimum Gasteiger partial charge on any atom is -0.481 e. The number of nitrogens with zero attached hydrogens (tertiary/aromatic N) is 2. The van der Waals surface area contributed by atoms with Crippen LogP contribution in [-0.4, -0.2) is 53.7 Å². The summed E-state index contributed by atoms with van der Waals surface area (Å²) in [6, 6.07) is 3.34. The van der Waals surface area contributed by atoms with Crippen LogP contribution < -0.4 is 10.1 Å². The van der Waals surface area contributed by atoms with Gasteiger partial charge >= 0.3 is 6.09 Å². The van der Waals surface area contributed by atoms with Gasteiger partial charge in [0, 0.05) is 31.4 Å². The van der Waals surface area contributed by atoms with Gasteiger partial charge in [-0.15, -0.1) is 0 Å². The molecule has 1 aliphatic heterocycles. The number of alkyl carbamates (subject to hydrolysis) is 1. The molecule has 2 rings (SSSR count). The first kappa shape index (κ1) is 19.0. The second-order valence-corrected chi connectivity index (χ2v) is 7.12. The number of methoxy groups -OCH3 is 1. The largest absolute Gasteiger partial charge is 0.481 e. The zero-order valence-electron chi connectivity index (χ0n) is 15.4. The highest BCUT2D eigenvalue weighted by atomic mass is 16.6. The van der Waals surface area contributed by atoms with Crippen molar-refractivity contribution in [3.8, 4) is 5.88 Å². The summed E-state index contributed by atoms with van der Waals surface area (Å²) in [6.45, 7) is 6.51. The van der Waals surface area contributed by atoms with E-state index in [1.54, 1.807) is 12.1 Å². The first-order valence-electron chi connectivity index (χ1n) is 8.58. The summed E-state index contributed by atoms with van der Waals surface area (Å²) >= 11 is 0. The zero-order chi connectivity index (χ0) is 18.4. The minimum atomic E-state index is -0.541. The van der Waals surface area contributed by atoms with Crippen molar-refractivity contribution in [1.82, 2.24) is 15.2 Å². The number of aromatic nitrogens is 1. The van der Waals surface area contributed by atoms with Gasteiger partial charge in [0.15, 0.2) is 0 Å². The average Bonchev–Trinajstić information content (AvgIpc) is 2.58. The number of hydrogen-bond acceptors (Lipinski definition) is 5. The van der Waals surface area contributed by atoms with Gasteiger partial charge < -0.3 is 19.7 Å². The lowest BCUT2D eigenvalue weighted by Crippen LogP contribution is -2.50. The third-order valence-electron chi connectivity index (χ3n) is 3.96. The van der Waals surface area contributed by atoms with Gasteiger partial charge in [0.05, 0.1) is 12.7 Å². The number of likely N-dealkylation sites (tertiary alicyclic amines) is 1. The van der Waals surface area contributed by atoms with E-state index in [1.807, 2.05) is 25.7 Å². The van der Waals surface area contributed by atoms with Gasteiger partial charge in [-0.3, -0.25) is 4.79 Å². The van der Waals surface area contributed by atoms with E-state index in [1.165, 1.54) is 13.3 Å². The van der Waals surface area contributed by atoms with Crippen molar-refractivity contribution in [3.63, 3.8) is 0 Å². The predicted molar refractivity (Wildman–Crippen MR) is 93.7 cm³/mol. The molecule has 0 aliphatic carbocycles. The molecule has 2 heterocycles. The minimum absolute atomic E-state index is 0.0455. The first-order chi connectivity index (χ1) is 11.8. The molecule has 1 saturated heterocycles. The Hall–Kier alpha value is -2.31. The van der Waals surface area contributed by atoms with Crippen LogP contribution in [0.25, 0.3) is 0 Å². The smallest absolute Gasteiger partial charge is 0.407 e. The molecule has 1 fully saturated rings. The highest BCUT2D eigenvalue weighted by Gasteiger charge is 2.28. The van der Waals surface area contributed by atoms with Crippen LogP contribution in [0.1, 0.15) is 50.4 Å². The van der Waals surface area contributed by atoms with Crippen LogP contribution in [0.4, 0.5) is 4.79 Å². The number of amides is 2. The van der Waals surface area contributed by atoms with Gasteiger partial charge in [-0.25, -0.2) is 9.78 Å². The molecule has 0 bridgehead atoms. The maximum absolute atomic E-state index is 12.8. The molecule has 0 spiro atoms. The van der Waals surface area contributed by atoms with E-state index in [9.17, 15) is 9.59 Å². The van der Waals surface area contributed by atoms with Gasteiger partial charge in [0.1, 0.15) is 5.60 Å². The normalized spacial score (nSPS) is 17.8. The number of hydrogen-bond donors (Lipinski definition) is 1. The molecule has 0 aromatic carbocycles. The van der Waals surface area contributed by atoms with Crippen LogP contribution in [-0.2, 0) is 4.74 Å². The zero-order valence-corrected chi connectivity index (χ0v) is 15.4. The Morgan fingerprint density at radius 2 is 2.08 bits per heavy atom. The molecule has 0 saturated carbocycles. The highest BCUT2D eigenvalue weighted by molar-refractivity contribution is 5.94. The summed E-state index contributed by atoms with van der Waals surface area (Å²) in [7, 11) is 1.53. The Bertz CT molecular complexity index is 595. The van der Waals surface area contributed by atoms with E-state index in [4.69, 9.17) is 9.47 Å². The van der Waals surface area contributed by atoms with Crippen molar-refractivity contribution < 1.29 is 19.1 Å². The molecule has 0 radical (unpaired) electrons. The molecule has 7 heteroatoms. The number of rotatable bonds is 4. The second kappa shape index (κ2) is 8.18. The van der Waals surface area contributed by atoms with Gasteiger partial charge in [0.2, 0.25) is 5.88 Å². The predicted octanol–water partition coefficient (Wildman–Crippen LogP) is 2.61. The van der Waals surface area contributed by atoms with Crippen LogP contribution >= 0.6 is 0 Å². The lowest BCUT2D eigenvalue weighted by molar-refractivity contribution is 0.0462. The second-order valence-electron chi connectivity index (χ2n) is 7.12. The van der Waals surface area contributed by atoms with Crippen LogP contribution in [0.5, 0.6) is 5.88 Å². The van der Waals surface area contributed by atoms with Crippen LogP contribution in [0.15, 0.2) is 18.3 Å². The van der Waals surface area contributed by atoms with E-state index in [-0.39, 0.29) is 11.9 Å². The molecule has 1 aliphatic rings. The summed E-state index contributed by atoms with van der Waals surface area (Å²) in [4.78, 5) is 30.5. The molecule has 1 atom stereocenters. The highest BCUT2D eigenvalue weighted by Crippen LogP contribution is 2.20. The average molecular weight is 349 g/mol. The number of carbonyl (C=O) groups is 2. The quantitative estimate of drug-likeness (QED) is 0.904. The number of piperidine rings is 1. The lowest BCUT2D eigenvalue weighted by atomic mass is 10.0. The van der Waals surface area contributed by atoms with E-state index >= 15 is 0 Å². The maximum atomic E-state index is 12.8. The molecule has 1 aromatic rings. The molecular formula is C18H27N3O4. The third kappa shape index (κ3) is 5.62. The molecule has 1 N–H and O–H groups in total. The monoisotopic (exact) mass is 349 g/mol. The van der Waals surface area contributed by atoms with Crippen molar-refractivity contribution in [1.29, 1.82) is 0 Å². The third-order valence-corrected chi connectivity index (χ3v) is 3.96.